The monoisotopic (exact) mass is 297 g/mol. The lowest BCUT2D eigenvalue weighted by molar-refractivity contribution is -0.144. The first kappa shape index (κ1) is 15.0. The van der Waals surface area contributed by atoms with E-state index in [4.69, 9.17) is 10.2 Å². The molecular weight excluding hydrogens is 278 g/mol. The zero-order valence-electron chi connectivity index (χ0n) is 11.2. The van der Waals surface area contributed by atoms with Gasteiger partial charge in [0.15, 0.2) is 0 Å². The summed E-state index contributed by atoms with van der Waals surface area (Å²) < 4.78 is 0. The van der Waals surface area contributed by atoms with Crippen LogP contribution in [-0.2, 0) is 16.0 Å². The standard InChI is InChI=1S/C14H19NO4S/c16-13(17)8-11(7-12-4-2-6-20-12)15-5-1-3-10(9-15)14(18)19/h2,4,6,10-11H,1,3,5,7-9H2,(H,16,17)(H,18,19). The zero-order chi connectivity index (χ0) is 14.5. The van der Waals surface area contributed by atoms with Crippen molar-refractivity contribution >= 4 is 23.3 Å². The topological polar surface area (TPSA) is 77.8 Å². The number of nitrogens with zero attached hydrogens (tertiary/aromatic N) is 1. The number of carboxylic acids is 2. The third-order valence-electron chi connectivity index (χ3n) is 3.75. The molecule has 0 aliphatic carbocycles. The predicted octanol–water partition coefficient (Wildman–Crippen LogP) is 1.93. The van der Waals surface area contributed by atoms with E-state index in [-0.39, 0.29) is 18.4 Å². The smallest absolute Gasteiger partial charge is 0.307 e. The molecule has 0 spiro atoms. The maximum absolute atomic E-state index is 11.1. The molecule has 0 bridgehead atoms. The van der Waals surface area contributed by atoms with Gasteiger partial charge in [-0.3, -0.25) is 14.5 Å². The number of carboxylic acid groups (broad SMARTS) is 2. The number of thiophene rings is 1. The van der Waals surface area contributed by atoms with Crippen LogP contribution in [0.5, 0.6) is 0 Å². The van der Waals surface area contributed by atoms with E-state index >= 15 is 0 Å². The van der Waals surface area contributed by atoms with Gasteiger partial charge in [-0.15, -0.1) is 11.3 Å². The summed E-state index contributed by atoms with van der Waals surface area (Å²) in [5.74, 6) is -1.98. The van der Waals surface area contributed by atoms with E-state index in [1.807, 2.05) is 22.4 Å². The molecule has 1 aliphatic rings. The van der Waals surface area contributed by atoms with Crippen LogP contribution in [0.1, 0.15) is 24.1 Å². The summed E-state index contributed by atoms with van der Waals surface area (Å²) in [6, 6.07) is 3.83. The summed E-state index contributed by atoms with van der Waals surface area (Å²) in [6.07, 6.45) is 2.24. The first-order chi connectivity index (χ1) is 9.56. The Balaban J connectivity index is 2.05. The quantitative estimate of drug-likeness (QED) is 0.839. The van der Waals surface area contributed by atoms with Crippen LogP contribution in [0.3, 0.4) is 0 Å². The average molecular weight is 297 g/mol. The molecule has 2 N–H and O–H groups in total. The number of piperidine rings is 1. The first-order valence-corrected chi connectivity index (χ1v) is 7.65. The Morgan fingerprint density at radius 3 is 2.85 bits per heavy atom. The van der Waals surface area contributed by atoms with E-state index in [1.165, 1.54) is 0 Å². The number of rotatable bonds is 6. The van der Waals surface area contributed by atoms with Crippen LogP contribution in [-0.4, -0.2) is 46.2 Å². The molecule has 0 aromatic carbocycles. The lowest BCUT2D eigenvalue weighted by atomic mass is 9.95. The SMILES string of the molecule is O=C(O)CC(Cc1cccs1)N1CCCC(C(=O)O)C1. The van der Waals surface area contributed by atoms with E-state index in [9.17, 15) is 9.59 Å². The fraction of sp³-hybridized carbons (Fsp3) is 0.571. The van der Waals surface area contributed by atoms with Crippen LogP contribution in [0.25, 0.3) is 0 Å². The molecule has 5 nitrogen and oxygen atoms in total. The summed E-state index contributed by atoms with van der Waals surface area (Å²) in [7, 11) is 0. The summed E-state index contributed by atoms with van der Waals surface area (Å²) in [6.45, 7) is 1.24. The van der Waals surface area contributed by atoms with E-state index in [1.54, 1.807) is 11.3 Å². The van der Waals surface area contributed by atoms with Gasteiger partial charge in [-0.25, -0.2) is 0 Å². The molecule has 0 radical (unpaired) electrons. The molecule has 20 heavy (non-hydrogen) atoms. The van der Waals surface area contributed by atoms with Crippen LogP contribution in [0, 0.1) is 5.92 Å². The lowest BCUT2D eigenvalue weighted by Gasteiger charge is -2.36. The Morgan fingerprint density at radius 2 is 2.25 bits per heavy atom. The Morgan fingerprint density at radius 1 is 1.45 bits per heavy atom. The van der Waals surface area contributed by atoms with Gasteiger partial charge in [0.25, 0.3) is 0 Å². The van der Waals surface area contributed by atoms with Crippen molar-refractivity contribution in [2.75, 3.05) is 13.1 Å². The Hall–Kier alpha value is -1.40. The maximum atomic E-state index is 11.1. The van der Waals surface area contributed by atoms with Gasteiger partial charge in [0.05, 0.1) is 12.3 Å². The van der Waals surface area contributed by atoms with Gasteiger partial charge >= 0.3 is 11.9 Å². The number of hydrogen-bond acceptors (Lipinski definition) is 4. The predicted molar refractivity (Wildman–Crippen MR) is 76.0 cm³/mol. The molecule has 2 atom stereocenters. The molecule has 2 unspecified atom stereocenters. The van der Waals surface area contributed by atoms with E-state index in [0.717, 1.165) is 17.8 Å². The molecule has 2 heterocycles. The molecule has 110 valence electrons. The van der Waals surface area contributed by atoms with Gasteiger partial charge in [0.1, 0.15) is 0 Å². The van der Waals surface area contributed by atoms with Gasteiger partial charge < -0.3 is 10.2 Å². The molecule has 1 aromatic rings. The number of hydrogen-bond donors (Lipinski definition) is 2. The van der Waals surface area contributed by atoms with Crippen molar-refractivity contribution in [3.8, 4) is 0 Å². The van der Waals surface area contributed by atoms with E-state index in [2.05, 4.69) is 0 Å². The highest BCUT2D eigenvalue weighted by Gasteiger charge is 2.30. The third-order valence-corrected chi connectivity index (χ3v) is 4.64. The molecule has 0 saturated carbocycles. The summed E-state index contributed by atoms with van der Waals surface area (Å²) in [5, 5.41) is 20.2. The fourth-order valence-electron chi connectivity index (χ4n) is 2.73. The van der Waals surface area contributed by atoms with Crippen LogP contribution in [0.2, 0.25) is 0 Å². The number of likely N-dealkylation sites (tertiary alicyclic amines) is 1. The normalized spacial score (nSPS) is 21.5. The van der Waals surface area contributed by atoms with E-state index in [0.29, 0.717) is 19.4 Å². The summed E-state index contributed by atoms with van der Waals surface area (Å²) >= 11 is 1.61. The second-order valence-corrected chi connectivity index (χ2v) is 6.24. The van der Waals surface area contributed by atoms with Gasteiger partial charge in [-0.1, -0.05) is 6.07 Å². The molecule has 1 aliphatic heterocycles. The van der Waals surface area contributed by atoms with Crippen molar-refractivity contribution in [2.24, 2.45) is 5.92 Å². The summed E-state index contributed by atoms with van der Waals surface area (Å²) in [5.41, 5.74) is 0. The highest BCUT2D eigenvalue weighted by Crippen LogP contribution is 2.23. The van der Waals surface area contributed by atoms with Gasteiger partial charge in [0, 0.05) is 17.5 Å². The van der Waals surface area contributed by atoms with Crippen LogP contribution in [0.15, 0.2) is 17.5 Å². The highest BCUT2D eigenvalue weighted by atomic mass is 32.1. The van der Waals surface area contributed by atoms with Crippen molar-refractivity contribution in [1.29, 1.82) is 0 Å². The molecule has 0 amide bonds. The Kier molecular flexibility index (Phi) is 5.14. The van der Waals surface area contributed by atoms with Crippen LogP contribution in [0.4, 0.5) is 0 Å². The molecule has 1 aromatic heterocycles. The zero-order valence-corrected chi connectivity index (χ0v) is 12.0. The maximum Gasteiger partial charge on any atom is 0.307 e. The Labute approximate surface area is 121 Å². The third kappa shape index (κ3) is 4.05. The molecular formula is C14H19NO4S. The van der Waals surface area contributed by atoms with Crippen molar-refractivity contribution in [2.45, 2.75) is 31.7 Å². The second-order valence-electron chi connectivity index (χ2n) is 5.21. The minimum Gasteiger partial charge on any atom is -0.481 e. The van der Waals surface area contributed by atoms with Crippen molar-refractivity contribution < 1.29 is 19.8 Å². The van der Waals surface area contributed by atoms with Crippen LogP contribution < -0.4 is 0 Å². The average Bonchev–Trinajstić information content (AvgIpc) is 2.90. The lowest BCUT2D eigenvalue weighted by Crippen LogP contribution is -2.46. The highest BCUT2D eigenvalue weighted by molar-refractivity contribution is 7.09. The van der Waals surface area contributed by atoms with Gasteiger partial charge in [-0.05, 0) is 37.3 Å². The molecule has 1 fully saturated rings. The fourth-order valence-corrected chi connectivity index (χ4v) is 3.51. The Bertz CT molecular complexity index is 460. The van der Waals surface area contributed by atoms with E-state index < -0.39 is 11.9 Å². The second kappa shape index (κ2) is 6.85. The largest absolute Gasteiger partial charge is 0.481 e. The number of aliphatic carboxylic acids is 2. The van der Waals surface area contributed by atoms with Gasteiger partial charge in [0.2, 0.25) is 0 Å². The van der Waals surface area contributed by atoms with Crippen molar-refractivity contribution in [3.05, 3.63) is 22.4 Å². The molecule has 1 saturated heterocycles. The van der Waals surface area contributed by atoms with Crippen molar-refractivity contribution in [3.63, 3.8) is 0 Å². The van der Waals surface area contributed by atoms with Gasteiger partial charge in [-0.2, -0.15) is 0 Å². The first-order valence-electron chi connectivity index (χ1n) is 6.77. The number of carbonyl (C=O) groups is 2. The van der Waals surface area contributed by atoms with Crippen molar-refractivity contribution in [1.82, 2.24) is 4.90 Å². The molecule has 6 heteroatoms. The molecule has 2 rings (SSSR count). The minimum atomic E-state index is -0.830. The van der Waals surface area contributed by atoms with Crippen LogP contribution >= 0.6 is 11.3 Å². The minimum absolute atomic E-state index is 0.0598. The summed E-state index contributed by atoms with van der Waals surface area (Å²) in [4.78, 5) is 25.4.